The molecule has 5 aromatic rings. The molecule has 0 fully saturated rings. The van der Waals surface area contributed by atoms with Crippen LogP contribution in [0.2, 0.25) is 0 Å². The molecule has 34 heavy (non-hydrogen) atoms. The summed E-state index contributed by atoms with van der Waals surface area (Å²) in [4.78, 5) is 16.3. The molecule has 0 unspecified atom stereocenters. The molecule has 0 aliphatic heterocycles. The number of nitrogen functional groups attached to an aromatic ring is 1. The van der Waals surface area contributed by atoms with Crippen LogP contribution < -0.4 is 11.1 Å². The van der Waals surface area contributed by atoms with Gasteiger partial charge in [-0.05, 0) is 58.5 Å². The van der Waals surface area contributed by atoms with Crippen LogP contribution >= 0.6 is 0 Å². The zero-order chi connectivity index (χ0) is 23.7. The van der Waals surface area contributed by atoms with Crippen LogP contribution in [0.4, 0.5) is 20.3 Å². The third kappa shape index (κ3) is 3.86. The highest BCUT2D eigenvalue weighted by atomic mass is 19.2. The number of tetrazole rings is 1. The van der Waals surface area contributed by atoms with E-state index in [1.807, 2.05) is 0 Å². The number of aromatic nitrogens is 5. The quantitative estimate of drug-likeness (QED) is 0.405. The van der Waals surface area contributed by atoms with E-state index in [1.165, 1.54) is 18.4 Å². The van der Waals surface area contributed by atoms with Gasteiger partial charge in [-0.25, -0.2) is 13.8 Å². The molecule has 0 atom stereocenters. The lowest BCUT2D eigenvalue weighted by Crippen LogP contribution is -2.10. The van der Waals surface area contributed by atoms with Gasteiger partial charge in [0.2, 0.25) is 0 Å². The van der Waals surface area contributed by atoms with Crippen molar-refractivity contribution in [2.45, 2.75) is 0 Å². The van der Waals surface area contributed by atoms with Crippen LogP contribution in [0, 0.1) is 11.6 Å². The predicted octanol–water partition coefficient (Wildman–Crippen LogP) is 4.10. The number of carbonyl (C=O) groups is 1. The Labute approximate surface area is 190 Å². The zero-order valence-corrected chi connectivity index (χ0v) is 17.3. The van der Waals surface area contributed by atoms with Crippen LogP contribution in [0.1, 0.15) is 10.6 Å². The molecule has 1 amide bonds. The Morgan fingerprint density at radius 1 is 1.03 bits per heavy atom. The van der Waals surface area contributed by atoms with E-state index in [0.29, 0.717) is 16.8 Å². The number of rotatable bonds is 5. The van der Waals surface area contributed by atoms with E-state index in [1.54, 1.807) is 48.7 Å². The fourth-order valence-electron chi connectivity index (χ4n) is 3.33. The van der Waals surface area contributed by atoms with E-state index in [9.17, 15) is 13.6 Å². The average Bonchev–Trinajstić information content (AvgIpc) is 3.54. The van der Waals surface area contributed by atoms with Gasteiger partial charge in [0, 0.05) is 17.4 Å². The van der Waals surface area contributed by atoms with Crippen molar-refractivity contribution in [2.75, 3.05) is 11.1 Å². The first-order valence-corrected chi connectivity index (χ1v) is 9.95. The molecule has 3 heterocycles. The van der Waals surface area contributed by atoms with Crippen molar-refractivity contribution in [3.8, 4) is 28.2 Å². The summed E-state index contributed by atoms with van der Waals surface area (Å²) < 4.78 is 34.2. The van der Waals surface area contributed by atoms with Crippen molar-refractivity contribution in [1.82, 2.24) is 25.2 Å². The summed E-state index contributed by atoms with van der Waals surface area (Å²) >= 11 is 0. The van der Waals surface area contributed by atoms with Gasteiger partial charge in [-0.1, -0.05) is 18.2 Å². The first kappa shape index (κ1) is 20.9. The first-order valence-electron chi connectivity index (χ1n) is 9.95. The van der Waals surface area contributed by atoms with E-state index in [2.05, 4.69) is 25.8 Å². The number of pyridine rings is 1. The SMILES string of the molecule is Nc1ncc(-c2ccc(NC(=O)c3ccco3)cc2)cc1-c1nnnn1-c1cccc(F)c1F. The second-order valence-electron chi connectivity index (χ2n) is 7.15. The Bertz CT molecular complexity index is 1480. The summed E-state index contributed by atoms with van der Waals surface area (Å²) in [6, 6.07) is 15.6. The molecule has 9 nitrogen and oxygen atoms in total. The van der Waals surface area contributed by atoms with Crippen LogP contribution in [0.15, 0.2) is 77.5 Å². The van der Waals surface area contributed by atoms with Crippen LogP contribution in [-0.2, 0) is 0 Å². The van der Waals surface area contributed by atoms with Gasteiger partial charge in [0.15, 0.2) is 23.2 Å². The summed E-state index contributed by atoms with van der Waals surface area (Å²) in [5.74, 6) is -2.09. The molecule has 0 aliphatic carbocycles. The van der Waals surface area contributed by atoms with Crippen molar-refractivity contribution < 1.29 is 18.0 Å². The summed E-state index contributed by atoms with van der Waals surface area (Å²) in [5.41, 5.74) is 8.23. The van der Waals surface area contributed by atoms with Crippen molar-refractivity contribution in [1.29, 1.82) is 0 Å². The minimum Gasteiger partial charge on any atom is -0.459 e. The summed E-state index contributed by atoms with van der Waals surface area (Å²) in [6.45, 7) is 0. The number of nitrogens with one attached hydrogen (secondary N) is 1. The van der Waals surface area contributed by atoms with E-state index >= 15 is 0 Å². The van der Waals surface area contributed by atoms with Gasteiger partial charge in [0.25, 0.3) is 5.91 Å². The normalized spacial score (nSPS) is 10.9. The van der Waals surface area contributed by atoms with Gasteiger partial charge in [-0.2, -0.15) is 4.68 Å². The molecule has 3 N–H and O–H groups in total. The number of anilines is 2. The summed E-state index contributed by atoms with van der Waals surface area (Å²) in [6.07, 6.45) is 2.98. The lowest BCUT2D eigenvalue weighted by molar-refractivity contribution is 0.0996. The molecule has 3 aromatic heterocycles. The maximum atomic E-state index is 14.3. The molecule has 11 heteroatoms. The monoisotopic (exact) mass is 459 g/mol. The van der Waals surface area contributed by atoms with Gasteiger partial charge in [0.1, 0.15) is 11.5 Å². The number of amides is 1. The molecule has 0 saturated carbocycles. The van der Waals surface area contributed by atoms with E-state index < -0.39 is 11.6 Å². The third-order valence-electron chi connectivity index (χ3n) is 5.01. The molecule has 0 spiro atoms. The maximum absolute atomic E-state index is 14.3. The van der Waals surface area contributed by atoms with Crippen molar-refractivity contribution in [3.63, 3.8) is 0 Å². The third-order valence-corrected chi connectivity index (χ3v) is 5.01. The van der Waals surface area contributed by atoms with Gasteiger partial charge in [-0.3, -0.25) is 4.79 Å². The molecule has 5 rings (SSSR count). The number of furan rings is 1. The highest BCUT2D eigenvalue weighted by Crippen LogP contribution is 2.30. The number of halogens is 2. The Balaban J connectivity index is 1.46. The summed E-state index contributed by atoms with van der Waals surface area (Å²) in [7, 11) is 0. The maximum Gasteiger partial charge on any atom is 0.291 e. The van der Waals surface area contributed by atoms with E-state index in [-0.39, 0.29) is 29.0 Å². The molecule has 0 saturated heterocycles. The topological polar surface area (TPSA) is 125 Å². The molecule has 0 aliphatic rings. The zero-order valence-electron chi connectivity index (χ0n) is 17.3. The smallest absolute Gasteiger partial charge is 0.291 e. The van der Waals surface area contributed by atoms with Crippen LogP contribution in [0.25, 0.3) is 28.2 Å². The number of carbonyl (C=O) groups excluding carboxylic acids is 1. The lowest BCUT2D eigenvalue weighted by atomic mass is 10.0. The highest BCUT2D eigenvalue weighted by molar-refractivity contribution is 6.02. The highest BCUT2D eigenvalue weighted by Gasteiger charge is 2.19. The molecular weight excluding hydrogens is 444 g/mol. The lowest BCUT2D eigenvalue weighted by Gasteiger charge is -2.10. The Morgan fingerprint density at radius 3 is 2.62 bits per heavy atom. The standard InChI is InChI=1S/C23H15F2N7O2/c24-17-3-1-4-18(20(17)25)32-22(29-30-31-32)16-11-14(12-27-21(16)26)13-6-8-15(9-7-13)28-23(33)19-5-2-10-34-19/h1-12H,(H2,26,27)(H,28,33). The van der Waals surface area contributed by atoms with Crippen molar-refractivity contribution in [2.24, 2.45) is 0 Å². The van der Waals surface area contributed by atoms with E-state index in [0.717, 1.165) is 16.3 Å². The molecule has 0 radical (unpaired) electrons. The molecule has 0 bridgehead atoms. The largest absolute Gasteiger partial charge is 0.459 e. The van der Waals surface area contributed by atoms with Crippen LogP contribution in [0.3, 0.4) is 0 Å². The van der Waals surface area contributed by atoms with Crippen molar-refractivity contribution in [3.05, 3.63) is 90.5 Å². The summed E-state index contributed by atoms with van der Waals surface area (Å²) in [5, 5.41) is 14.1. The fraction of sp³-hybridized carbons (Fsp3) is 0. The second-order valence-corrected chi connectivity index (χ2v) is 7.15. The van der Waals surface area contributed by atoms with Crippen LogP contribution in [0.5, 0.6) is 0 Å². The Morgan fingerprint density at radius 2 is 1.85 bits per heavy atom. The molecular formula is C23H15F2N7O2. The average molecular weight is 459 g/mol. The first-order chi connectivity index (χ1) is 16.5. The second kappa shape index (κ2) is 8.54. The van der Waals surface area contributed by atoms with Gasteiger partial charge < -0.3 is 15.5 Å². The van der Waals surface area contributed by atoms with Crippen molar-refractivity contribution >= 4 is 17.4 Å². The Kier molecular flexibility index (Phi) is 5.26. The van der Waals surface area contributed by atoms with E-state index in [4.69, 9.17) is 10.2 Å². The number of hydrogen-bond acceptors (Lipinski definition) is 7. The van der Waals surface area contributed by atoms with Gasteiger partial charge in [0.05, 0.1) is 11.8 Å². The number of nitrogens with zero attached hydrogens (tertiary/aromatic N) is 5. The molecule has 168 valence electrons. The van der Waals surface area contributed by atoms with Gasteiger partial charge >= 0.3 is 0 Å². The molecule has 2 aromatic carbocycles. The van der Waals surface area contributed by atoms with Gasteiger partial charge in [-0.15, -0.1) is 5.10 Å². The number of hydrogen-bond donors (Lipinski definition) is 2. The Hall–Kier alpha value is -4.93. The minimum absolute atomic E-state index is 0.0960. The predicted molar refractivity (Wildman–Crippen MR) is 119 cm³/mol. The fourth-order valence-corrected chi connectivity index (χ4v) is 3.33. The van der Waals surface area contributed by atoms with Crippen LogP contribution in [-0.4, -0.2) is 31.1 Å². The minimum atomic E-state index is -1.09. The number of benzene rings is 2. The number of nitrogens with two attached hydrogens (primary N) is 1.